The maximum atomic E-state index is 6.00. The van der Waals surface area contributed by atoms with E-state index in [1.165, 1.54) is 12.8 Å². The largest absolute Gasteiger partial charge is 0.497 e. The standard InChI is InChI=1S/C16H26N4O2.HI/c1-20-8-6-12(7-9-20)11-18-16(17)19-14-10-13(21-2)4-5-15(14)22-3;/h4-5,10,12H,6-9,11H2,1-3H3,(H3,17,18,19);1H. The molecular formula is C16H27IN4O2. The first-order chi connectivity index (χ1) is 10.6. The van der Waals surface area contributed by atoms with Gasteiger partial charge in [0, 0.05) is 12.6 Å². The number of rotatable bonds is 5. The van der Waals surface area contributed by atoms with Gasteiger partial charge in [0.1, 0.15) is 11.5 Å². The quantitative estimate of drug-likeness (QED) is 0.423. The maximum Gasteiger partial charge on any atom is 0.193 e. The molecule has 0 unspecified atom stereocenters. The van der Waals surface area contributed by atoms with Crippen LogP contribution in [0.5, 0.6) is 11.5 Å². The van der Waals surface area contributed by atoms with Crippen molar-refractivity contribution >= 4 is 35.6 Å². The molecule has 0 radical (unpaired) electrons. The lowest BCUT2D eigenvalue weighted by molar-refractivity contribution is 0.224. The Morgan fingerprint density at radius 2 is 2.00 bits per heavy atom. The molecular weight excluding hydrogens is 407 g/mol. The summed E-state index contributed by atoms with van der Waals surface area (Å²) in [4.78, 5) is 6.82. The molecule has 6 nitrogen and oxygen atoms in total. The number of nitrogens with one attached hydrogen (secondary N) is 1. The number of methoxy groups -OCH3 is 2. The predicted octanol–water partition coefficient (Wildman–Crippen LogP) is 2.39. The number of nitrogens with two attached hydrogens (primary N) is 1. The van der Waals surface area contributed by atoms with Crippen molar-refractivity contribution in [1.82, 2.24) is 4.90 Å². The first kappa shape index (κ1) is 19.8. The van der Waals surface area contributed by atoms with Crippen LogP contribution in [-0.2, 0) is 0 Å². The van der Waals surface area contributed by atoms with Crippen LogP contribution >= 0.6 is 24.0 Å². The minimum Gasteiger partial charge on any atom is -0.497 e. The van der Waals surface area contributed by atoms with Crippen LogP contribution in [0.25, 0.3) is 0 Å². The van der Waals surface area contributed by atoms with Crippen LogP contribution in [-0.4, -0.2) is 51.8 Å². The third-order valence-electron chi connectivity index (χ3n) is 4.03. The number of likely N-dealkylation sites (tertiary alicyclic amines) is 1. The second-order valence-electron chi connectivity index (χ2n) is 5.66. The van der Waals surface area contributed by atoms with E-state index in [1.807, 2.05) is 18.2 Å². The van der Waals surface area contributed by atoms with Crippen molar-refractivity contribution in [2.24, 2.45) is 16.6 Å². The number of ether oxygens (including phenoxy) is 2. The SMILES string of the molecule is COc1ccc(OC)c(NC(N)=NCC2CCN(C)CC2)c1.I. The van der Waals surface area contributed by atoms with Crippen LogP contribution in [0.1, 0.15) is 12.8 Å². The fourth-order valence-electron chi connectivity index (χ4n) is 2.56. The van der Waals surface area contributed by atoms with Crippen LogP contribution in [0, 0.1) is 5.92 Å². The molecule has 0 spiro atoms. The summed E-state index contributed by atoms with van der Waals surface area (Å²) < 4.78 is 10.5. The van der Waals surface area contributed by atoms with E-state index in [2.05, 4.69) is 22.3 Å². The fraction of sp³-hybridized carbons (Fsp3) is 0.562. The smallest absolute Gasteiger partial charge is 0.193 e. The lowest BCUT2D eigenvalue weighted by Gasteiger charge is -2.27. The topological polar surface area (TPSA) is 72.1 Å². The predicted molar refractivity (Wildman–Crippen MR) is 105 cm³/mol. The fourth-order valence-corrected chi connectivity index (χ4v) is 2.56. The second-order valence-corrected chi connectivity index (χ2v) is 5.66. The molecule has 130 valence electrons. The van der Waals surface area contributed by atoms with Crippen molar-refractivity contribution < 1.29 is 9.47 Å². The van der Waals surface area contributed by atoms with E-state index in [9.17, 15) is 0 Å². The van der Waals surface area contributed by atoms with Gasteiger partial charge in [0.25, 0.3) is 0 Å². The summed E-state index contributed by atoms with van der Waals surface area (Å²) >= 11 is 0. The van der Waals surface area contributed by atoms with Gasteiger partial charge in [-0.2, -0.15) is 0 Å². The van der Waals surface area contributed by atoms with Crippen molar-refractivity contribution in [3.05, 3.63) is 18.2 Å². The first-order valence-electron chi connectivity index (χ1n) is 7.60. The van der Waals surface area contributed by atoms with Gasteiger partial charge in [0.15, 0.2) is 5.96 Å². The average molecular weight is 434 g/mol. The molecule has 3 N–H and O–H groups in total. The highest BCUT2D eigenvalue weighted by Gasteiger charge is 2.16. The van der Waals surface area contributed by atoms with E-state index in [4.69, 9.17) is 15.2 Å². The van der Waals surface area contributed by atoms with Crippen molar-refractivity contribution in [1.29, 1.82) is 0 Å². The van der Waals surface area contributed by atoms with Gasteiger partial charge in [-0.1, -0.05) is 0 Å². The summed E-state index contributed by atoms with van der Waals surface area (Å²) in [6.45, 7) is 3.04. The Hall–Kier alpha value is -1.22. The maximum absolute atomic E-state index is 6.00. The molecule has 1 fully saturated rings. The van der Waals surface area contributed by atoms with Crippen LogP contribution in [0.15, 0.2) is 23.2 Å². The van der Waals surface area contributed by atoms with Gasteiger partial charge in [-0.15, -0.1) is 24.0 Å². The van der Waals surface area contributed by atoms with Crippen molar-refractivity contribution in [2.45, 2.75) is 12.8 Å². The lowest BCUT2D eigenvalue weighted by Crippen LogP contribution is -2.32. The molecule has 1 heterocycles. The number of hydrogen-bond donors (Lipinski definition) is 2. The Balaban J connectivity index is 0.00000264. The van der Waals surface area contributed by atoms with Crippen LogP contribution < -0.4 is 20.5 Å². The average Bonchev–Trinajstić information content (AvgIpc) is 2.54. The number of aliphatic imine (C=N–C) groups is 1. The summed E-state index contributed by atoms with van der Waals surface area (Å²) in [7, 11) is 5.41. The normalized spacial score (nSPS) is 16.6. The molecule has 0 aliphatic carbocycles. The lowest BCUT2D eigenvalue weighted by atomic mass is 9.97. The van der Waals surface area contributed by atoms with Crippen LogP contribution in [0.4, 0.5) is 5.69 Å². The van der Waals surface area contributed by atoms with Crippen LogP contribution in [0.2, 0.25) is 0 Å². The summed E-state index contributed by atoms with van der Waals surface area (Å²) in [5.74, 6) is 2.47. The zero-order valence-electron chi connectivity index (χ0n) is 14.0. The van der Waals surface area contributed by atoms with Crippen molar-refractivity contribution in [2.75, 3.05) is 46.2 Å². The van der Waals surface area contributed by atoms with Gasteiger partial charge < -0.3 is 25.4 Å². The van der Waals surface area contributed by atoms with Gasteiger partial charge >= 0.3 is 0 Å². The Kier molecular flexibility index (Phi) is 8.46. The van der Waals surface area contributed by atoms with Crippen molar-refractivity contribution in [3.63, 3.8) is 0 Å². The van der Waals surface area contributed by atoms with E-state index >= 15 is 0 Å². The Morgan fingerprint density at radius 3 is 2.61 bits per heavy atom. The zero-order chi connectivity index (χ0) is 15.9. The third-order valence-corrected chi connectivity index (χ3v) is 4.03. The molecule has 1 aliphatic heterocycles. The zero-order valence-corrected chi connectivity index (χ0v) is 16.4. The molecule has 1 aliphatic rings. The number of halogens is 1. The van der Waals surface area contributed by atoms with E-state index in [1.54, 1.807) is 14.2 Å². The highest BCUT2D eigenvalue weighted by molar-refractivity contribution is 14.0. The second kappa shape index (κ2) is 9.82. The van der Waals surface area contributed by atoms with E-state index < -0.39 is 0 Å². The molecule has 2 rings (SSSR count). The monoisotopic (exact) mass is 434 g/mol. The molecule has 0 saturated carbocycles. The van der Waals surface area contributed by atoms with E-state index in [0.29, 0.717) is 17.6 Å². The molecule has 0 bridgehead atoms. The molecule has 23 heavy (non-hydrogen) atoms. The van der Waals surface area contributed by atoms with Crippen LogP contribution in [0.3, 0.4) is 0 Å². The van der Waals surface area contributed by atoms with Crippen molar-refractivity contribution in [3.8, 4) is 11.5 Å². The summed E-state index contributed by atoms with van der Waals surface area (Å²) in [6, 6.07) is 5.53. The number of nitrogens with zero attached hydrogens (tertiary/aromatic N) is 2. The summed E-state index contributed by atoms with van der Waals surface area (Å²) in [5.41, 5.74) is 6.75. The summed E-state index contributed by atoms with van der Waals surface area (Å²) in [6.07, 6.45) is 2.35. The van der Waals surface area contributed by atoms with Gasteiger partial charge in [-0.05, 0) is 51.0 Å². The molecule has 0 atom stereocenters. The third kappa shape index (κ3) is 6.06. The molecule has 1 aromatic rings. The van der Waals surface area contributed by atoms with Gasteiger partial charge in [0.05, 0.1) is 19.9 Å². The highest BCUT2D eigenvalue weighted by atomic mass is 127. The Labute approximate surface area is 155 Å². The van der Waals surface area contributed by atoms with Gasteiger partial charge in [0.2, 0.25) is 0 Å². The molecule has 1 aromatic carbocycles. The Bertz CT molecular complexity index is 517. The molecule has 0 amide bonds. The molecule has 0 aromatic heterocycles. The Morgan fingerprint density at radius 1 is 1.30 bits per heavy atom. The number of anilines is 1. The van der Waals surface area contributed by atoms with E-state index in [-0.39, 0.29) is 24.0 Å². The first-order valence-corrected chi connectivity index (χ1v) is 7.60. The number of piperidine rings is 1. The van der Waals surface area contributed by atoms with Gasteiger partial charge in [-0.25, -0.2) is 0 Å². The highest BCUT2D eigenvalue weighted by Crippen LogP contribution is 2.28. The minimum absolute atomic E-state index is 0. The minimum atomic E-state index is 0. The molecule has 1 saturated heterocycles. The summed E-state index contributed by atoms with van der Waals surface area (Å²) in [5, 5.41) is 3.10. The van der Waals surface area contributed by atoms with Gasteiger partial charge in [-0.3, -0.25) is 4.99 Å². The molecule has 7 heteroatoms. The number of benzene rings is 1. The van der Waals surface area contributed by atoms with E-state index in [0.717, 1.165) is 31.1 Å². The number of hydrogen-bond acceptors (Lipinski definition) is 4. The number of guanidine groups is 1.